The number of benzene rings is 2. The van der Waals surface area contributed by atoms with Crippen LogP contribution in [-0.4, -0.2) is 7.05 Å². The van der Waals surface area contributed by atoms with Gasteiger partial charge in [-0.1, -0.05) is 37.3 Å². The molecule has 0 heterocycles. The average Bonchev–Trinajstić information content (AvgIpc) is 2.50. The molecule has 0 fully saturated rings. The van der Waals surface area contributed by atoms with Crippen molar-refractivity contribution >= 4 is 21.6 Å². The highest BCUT2D eigenvalue weighted by Crippen LogP contribution is 2.29. The fourth-order valence-electron chi connectivity index (χ4n) is 2.27. The lowest BCUT2D eigenvalue weighted by Crippen LogP contribution is -2.18. The zero-order valence-corrected chi connectivity index (χ0v) is 14.0. The number of aryl methyl sites for hydroxylation is 1. The predicted molar refractivity (Wildman–Crippen MR) is 89.9 cm³/mol. The molecule has 0 saturated carbocycles. The highest BCUT2D eigenvalue weighted by Gasteiger charge is 2.13. The first-order valence-electron chi connectivity index (χ1n) is 7.02. The Morgan fingerprint density at radius 1 is 1.10 bits per heavy atom. The molecule has 0 atom stereocenters. The molecule has 0 aliphatic carbocycles. The molecule has 2 nitrogen and oxygen atoms in total. The molecule has 0 radical (unpaired) electrons. The van der Waals surface area contributed by atoms with Gasteiger partial charge in [-0.3, -0.25) is 0 Å². The van der Waals surface area contributed by atoms with E-state index in [1.807, 2.05) is 18.0 Å². The summed E-state index contributed by atoms with van der Waals surface area (Å²) in [6.45, 7) is 3.11. The van der Waals surface area contributed by atoms with Crippen LogP contribution >= 0.6 is 15.9 Å². The van der Waals surface area contributed by atoms with E-state index in [1.54, 1.807) is 6.07 Å². The van der Waals surface area contributed by atoms with Crippen molar-refractivity contribution in [2.24, 2.45) is 5.73 Å². The molecule has 0 spiro atoms. The molecule has 0 unspecified atom stereocenters. The lowest BCUT2D eigenvalue weighted by molar-refractivity contribution is 0.613. The molecule has 2 rings (SSSR count). The van der Waals surface area contributed by atoms with Gasteiger partial charge in [0.1, 0.15) is 0 Å². The molecule has 21 heavy (non-hydrogen) atoms. The normalized spacial score (nSPS) is 10.7. The van der Waals surface area contributed by atoms with Gasteiger partial charge in [-0.2, -0.15) is 0 Å². The largest absolute Gasteiger partial charge is 0.368 e. The Morgan fingerprint density at radius 3 is 2.29 bits per heavy atom. The second-order valence-corrected chi connectivity index (χ2v) is 5.90. The van der Waals surface area contributed by atoms with Crippen LogP contribution in [0, 0.1) is 5.82 Å². The van der Waals surface area contributed by atoms with Crippen LogP contribution in [0.2, 0.25) is 0 Å². The van der Waals surface area contributed by atoms with Crippen LogP contribution in [0.4, 0.5) is 10.1 Å². The lowest BCUT2D eigenvalue weighted by Gasteiger charge is -2.21. The number of nitrogens with two attached hydrogens (primary N) is 1. The Hall–Kier alpha value is -1.39. The van der Waals surface area contributed by atoms with E-state index in [1.165, 1.54) is 5.56 Å². The summed E-state index contributed by atoms with van der Waals surface area (Å²) in [5.41, 5.74) is 9.40. The number of anilines is 1. The predicted octanol–water partition coefficient (Wildman–Crippen LogP) is 4.25. The molecule has 0 aliphatic rings. The first-order valence-corrected chi connectivity index (χ1v) is 7.82. The van der Waals surface area contributed by atoms with Gasteiger partial charge >= 0.3 is 0 Å². The standard InChI is InChI=1S/C17H20BrFN2/c1-3-12-4-6-13(7-5-12)11-21(2)15-9-8-14(10-20)16(18)17(15)19/h4-9H,3,10-11,20H2,1-2H3. The van der Waals surface area contributed by atoms with Crippen LogP contribution in [-0.2, 0) is 19.5 Å². The van der Waals surface area contributed by atoms with Gasteiger partial charge in [0.15, 0.2) is 5.82 Å². The van der Waals surface area contributed by atoms with Gasteiger partial charge in [0.25, 0.3) is 0 Å². The highest BCUT2D eigenvalue weighted by molar-refractivity contribution is 9.10. The van der Waals surface area contributed by atoms with Crippen LogP contribution < -0.4 is 10.6 Å². The molecule has 0 amide bonds. The lowest BCUT2D eigenvalue weighted by atomic mass is 10.1. The van der Waals surface area contributed by atoms with E-state index < -0.39 is 0 Å². The summed E-state index contributed by atoms with van der Waals surface area (Å²) in [6, 6.07) is 12.1. The summed E-state index contributed by atoms with van der Waals surface area (Å²) in [6.07, 6.45) is 1.03. The van der Waals surface area contributed by atoms with Crippen molar-refractivity contribution in [1.29, 1.82) is 0 Å². The second kappa shape index (κ2) is 7.05. The number of halogens is 2. The van der Waals surface area contributed by atoms with Crippen molar-refractivity contribution in [1.82, 2.24) is 0 Å². The summed E-state index contributed by atoms with van der Waals surface area (Å²) in [5.74, 6) is -0.259. The Labute approximate surface area is 133 Å². The smallest absolute Gasteiger partial charge is 0.160 e. The molecule has 2 aromatic rings. The minimum atomic E-state index is -0.259. The third-order valence-corrected chi connectivity index (χ3v) is 4.48. The van der Waals surface area contributed by atoms with Crippen molar-refractivity contribution in [3.63, 3.8) is 0 Å². The first-order chi connectivity index (χ1) is 10.1. The maximum Gasteiger partial charge on any atom is 0.160 e. The SMILES string of the molecule is CCc1ccc(CN(C)c2ccc(CN)c(Br)c2F)cc1. The van der Waals surface area contributed by atoms with Gasteiger partial charge in [0.05, 0.1) is 10.2 Å². The van der Waals surface area contributed by atoms with Gasteiger partial charge in [-0.25, -0.2) is 4.39 Å². The molecule has 0 bridgehead atoms. The molecule has 2 N–H and O–H groups in total. The monoisotopic (exact) mass is 350 g/mol. The molecule has 4 heteroatoms. The summed E-state index contributed by atoms with van der Waals surface area (Å²) in [5, 5.41) is 0. The Morgan fingerprint density at radius 2 is 1.71 bits per heavy atom. The Bertz CT molecular complexity index is 611. The number of hydrogen-bond acceptors (Lipinski definition) is 2. The van der Waals surface area contributed by atoms with Crippen molar-refractivity contribution in [3.05, 3.63) is 63.4 Å². The number of hydrogen-bond donors (Lipinski definition) is 1. The van der Waals surface area contributed by atoms with Crippen molar-refractivity contribution in [2.75, 3.05) is 11.9 Å². The minimum Gasteiger partial charge on any atom is -0.368 e. The van der Waals surface area contributed by atoms with Gasteiger partial charge in [0, 0.05) is 20.1 Å². The molecular weight excluding hydrogens is 331 g/mol. The van der Waals surface area contributed by atoms with E-state index >= 15 is 0 Å². The van der Waals surface area contributed by atoms with Crippen LogP contribution in [0.5, 0.6) is 0 Å². The zero-order valence-electron chi connectivity index (χ0n) is 12.4. The first kappa shape index (κ1) is 16.0. The molecular formula is C17H20BrFN2. The van der Waals surface area contributed by atoms with Crippen LogP contribution in [0.1, 0.15) is 23.6 Å². The summed E-state index contributed by atoms with van der Waals surface area (Å²) in [7, 11) is 1.89. The molecule has 0 aromatic heterocycles. The van der Waals surface area contributed by atoms with E-state index in [0.29, 0.717) is 23.2 Å². The number of nitrogens with zero attached hydrogens (tertiary/aromatic N) is 1. The highest BCUT2D eigenvalue weighted by atomic mass is 79.9. The third kappa shape index (κ3) is 3.63. The summed E-state index contributed by atoms with van der Waals surface area (Å²) < 4.78 is 14.8. The van der Waals surface area contributed by atoms with E-state index in [9.17, 15) is 4.39 Å². The summed E-state index contributed by atoms with van der Waals surface area (Å²) >= 11 is 3.28. The maximum atomic E-state index is 14.4. The maximum absolute atomic E-state index is 14.4. The minimum absolute atomic E-state index is 0.259. The summed E-state index contributed by atoms with van der Waals surface area (Å²) in [4.78, 5) is 1.90. The third-order valence-electron chi connectivity index (χ3n) is 3.62. The van der Waals surface area contributed by atoms with Crippen molar-refractivity contribution in [2.45, 2.75) is 26.4 Å². The van der Waals surface area contributed by atoms with E-state index in [-0.39, 0.29) is 5.82 Å². The fraction of sp³-hybridized carbons (Fsp3) is 0.294. The van der Waals surface area contributed by atoms with Gasteiger partial charge in [-0.15, -0.1) is 0 Å². The van der Waals surface area contributed by atoms with Crippen LogP contribution in [0.3, 0.4) is 0 Å². The van der Waals surface area contributed by atoms with Gasteiger partial charge < -0.3 is 10.6 Å². The molecule has 2 aromatic carbocycles. The molecule has 0 aliphatic heterocycles. The van der Waals surface area contributed by atoms with Crippen molar-refractivity contribution in [3.8, 4) is 0 Å². The van der Waals surface area contributed by atoms with Crippen LogP contribution in [0.25, 0.3) is 0 Å². The molecule has 112 valence electrons. The second-order valence-electron chi connectivity index (χ2n) is 5.10. The van der Waals surface area contributed by atoms with E-state index in [0.717, 1.165) is 17.5 Å². The molecule has 0 saturated heterocycles. The van der Waals surface area contributed by atoms with Gasteiger partial charge in [0.2, 0.25) is 0 Å². The topological polar surface area (TPSA) is 29.3 Å². The van der Waals surface area contributed by atoms with E-state index in [4.69, 9.17) is 5.73 Å². The van der Waals surface area contributed by atoms with Crippen LogP contribution in [0.15, 0.2) is 40.9 Å². The average molecular weight is 351 g/mol. The quantitative estimate of drug-likeness (QED) is 0.873. The Kier molecular flexibility index (Phi) is 5.37. The van der Waals surface area contributed by atoms with Gasteiger partial charge in [-0.05, 0) is 45.1 Å². The number of rotatable bonds is 5. The Balaban J connectivity index is 2.19. The van der Waals surface area contributed by atoms with E-state index in [2.05, 4.69) is 47.1 Å². The fourth-order valence-corrected chi connectivity index (χ4v) is 2.77. The van der Waals surface area contributed by atoms with Crippen molar-refractivity contribution < 1.29 is 4.39 Å². The zero-order chi connectivity index (χ0) is 15.4.